The fourth-order valence-corrected chi connectivity index (χ4v) is 6.23. The zero-order valence-electron chi connectivity index (χ0n) is 20.3. The fourth-order valence-electron chi connectivity index (χ4n) is 6.23. The highest BCUT2D eigenvalue weighted by molar-refractivity contribution is 5.88. The van der Waals surface area contributed by atoms with Gasteiger partial charge in [-0.25, -0.2) is 4.79 Å². The van der Waals surface area contributed by atoms with Crippen molar-refractivity contribution in [1.29, 1.82) is 0 Å². The SMILES string of the molecule is CC(CN(C)C(=O)C1(CNC(=O)OCC2c3ccccc3-c3ccccc32)CC12CCC2)C(=O)O. The van der Waals surface area contributed by atoms with Crippen LogP contribution in [0.3, 0.4) is 0 Å². The summed E-state index contributed by atoms with van der Waals surface area (Å²) in [5, 5.41) is 12.1. The molecular formula is C28H32N2O5. The van der Waals surface area contributed by atoms with Crippen molar-refractivity contribution >= 4 is 18.0 Å². The number of carbonyl (C=O) groups is 3. The molecule has 184 valence electrons. The van der Waals surface area contributed by atoms with E-state index in [1.54, 1.807) is 14.0 Å². The lowest BCUT2D eigenvalue weighted by molar-refractivity contribution is -0.144. The monoisotopic (exact) mass is 476 g/mol. The molecule has 0 aliphatic heterocycles. The second-order valence-electron chi connectivity index (χ2n) is 10.5. The highest BCUT2D eigenvalue weighted by Crippen LogP contribution is 2.74. The van der Waals surface area contributed by atoms with Crippen LogP contribution in [0.25, 0.3) is 11.1 Å². The van der Waals surface area contributed by atoms with E-state index >= 15 is 0 Å². The van der Waals surface area contributed by atoms with Crippen LogP contribution in [0, 0.1) is 16.7 Å². The second-order valence-corrected chi connectivity index (χ2v) is 10.5. The maximum absolute atomic E-state index is 13.4. The van der Waals surface area contributed by atoms with Crippen molar-refractivity contribution in [3.8, 4) is 11.1 Å². The molecule has 2 saturated carbocycles. The Morgan fingerprint density at radius 1 is 1.09 bits per heavy atom. The lowest BCUT2D eigenvalue weighted by Gasteiger charge is -2.35. The molecule has 7 heteroatoms. The minimum absolute atomic E-state index is 0.0220. The summed E-state index contributed by atoms with van der Waals surface area (Å²) in [6.45, 7) is 2.19. The molecule has 2 atom stereocenters. The smallest absolute Gasteiger partial charge is 0.407 e. The molecular weight excluding hydrogens is 444 g/mol. The lowest BCUT2D eigenvalue weighted by atomic mass is 9.74. The molecule has 2 N–H and O–H groups in total. The number of aliphatic carboxylic acids is 1. The molecule has 3 aliphatic carbocycles. The van der Waals surface area contributed by atoms with E-state index in [2.05, 4.69) is 29.6 Å². The molecule has 3 aliphatic rings. The van der Waals surface area contributed by atoms with Gasteiger partial charge in [-0.15, -0.1) is 0 Å². The maximum atomic E-state index is 13.4. The van der Waals surface area contributed by atoms with Gasteiger partial charge in [0.25, 0.3) is 0 Å². The van der Waals surface area contributed by atoms with Crippen molar-refractivity contribution in [2.75, 3.05) is 26.7 Å². The third-order valence-corrected chi connectivity index (χ3v) is 8.44. The Morgan fingerprint density at radius 2 is 1.69 bits per heavy atom. The van der Waals surface area contributed by atoms with Crippen LogP contribution in [0.15, 0.2) is 48.5 Å². The minimum Gasteiger partial charge on any atom is -0.481 e. The Hall–Kier alpha value is -3.35. The van der Waals surface area contributed by atoms with E-state index < -0.39 is 23.4 Å². The number of hydrogen-bond acceptors (Lipinski definition) is 4. The molecule has 2 aromatic rings. The van der Waals surface area contributed by atoms with Crippen molar-refractivity contribution in [2.45, 2.75) is 38.5 Å². The van der Waals surface area contributed by atoms with E-state index in [9.17, 15) is 19.5 Å². The van der Waals surface area contributed by atoms with Crippen LogP contribution in [0.1, 0.15) is 49.7 Å². The summed E-state index contributed by atoms with van der Waals surface area (Å²) in [7, 11) is 1.65. The third-order valence-electron chi connectivity index (χ3n) is 8.44. The molecule has 2 fully saturated rings. The van der Waals surface area contributed by atoms with Crippen molar-refractivity contribution < 1.29 is 24.2 Å². The Balaban J connectivity index is 1.23. The highest BCUT2D eigenvalue weighted by atomic mass is 16.5. The standard InChI is InChI=1S/C28H32N2O5/c1-18(24(31)32)14-30(2)25(33)28(16-27(28)12-7-13-27)17-29-26(34)35-15-23-21-10-5-3-8-19(21)20-9-4-6-11-22(20)23/h3-6,8-11,18,23H,7,12-17H2,1-2H3,(H,29,34)(H,31,32). The van der Waals surface area contributed by atoms with E-state index in [4.69, 9.17) is 4.74 Å². The van der Waals surface area contributed by atoms with E-state index in [0.29, 0.717) is 0 Å². The number of carbonyl (C=O) groups excluding carboxylic acids is 2. The topological polar surface area (TPSA) is 95.9 Å². The lowest BCUT2D eigenvalue weighted by Crippen LogP contribution is -2.47. The largest absolute Gasteiger partial charge is 0.481 e. The van der Waals surface area contributed by atoms with Gasteiger partial charge in [0.05, 0.1) is 11.3 Å². The van der Waals surface area contributed by atoms with Crippen molar-refractivity contribution in [2.24, 2.45) is 16.7 Å². The first-order valence-corrected chi connectivity index (χ1v) is 12.4. The predicted molar refractivity (Wildman–Crippen MR) is 131 cm³/mol. The Labute approximate surface area is 205 Å². The van der Waals surface area contributed by atoms with Gasteiger partial charge < -0.3 is 20.1 Å². The number of carboxylic acid groups (broad SMARTS) is 1. The maximum Gasteiger partial charge on any atom is 0.407 e. The van der Waals surface area contributed by atoms with Crippen LogP contribution in [-0.4, -0.2) is 54.7 Å². The predicted octanol–water partition coefficient (Wildman–Crippen LogP) is 4.26. The first-order valence-electron chi connectivity index (χ1n) is 12.4. The molecule has 2 aromatic carbocycles. The number of rotatable bonds is 8. The number of alkyl carbamates (subject to hydrolysis) is 1. The molecule has 35 heavy (non-hydrogen) atoms. The summed E-state index contributed by atoms with van der Waals surface area (Å²) < 4.78 is 5.67. The molecule has 2 amide bonds. The average molecular weight is 477 g/mol. The highest BCUT2D eigenvalue weighted by Gasteiger charge is 2.73. The van der Waals surface area contributed by atoms with E-state index in [0.717, 1.165) is 36.8 Å². The third kappa shape index (κ3) is 3.87. The van der Waals surface area contributed by atoms with Crippen LogP contribution in [-0.2, 0) is 14.3 Å². The molecule has 0 heterocycles. The van der Waals surface area contributed by atoms with Gasteiger partial charge in [0.15, 0.2) is 0 Å². The minimum atomic E-state index is -0.926. The molecule has 0 bridgehead atoms. The Bertz CT molecular complexity index is 1130. The fraction of sp³-hybridized carbons (Fsp3) is 0.464. The van der Waals surface area contributed by atoms with Crippen LogP contribution in [0.5, 0.6) is 0 Å². The van der Waals surface area contributed by atoms with Crippen molar-refractivity contribution in [3.05, 3.63) is 59.7 Å². The average Bonchev–Trinajstić information content (AvgIpc) is 3.45. The molecule has 7 nitrogen and oxygen atoms in total. The zero-order chi connectivity index (χ0) is 24.8. The summed E-state index contributed by atoms with van der Waals surface area (Å²) in [6, 6.07) is 16.4. The number of carboxylic acids is 1. The van der Waals surface area contributed by atoms with Crippen molar-refractivity contribution in [3.63, 3.8) is 0 Å². The summed E-state index contributed by atoms with van der Waals surface area (Å²) in [5.74, 6) is -1.67. The molecule has 1 spiro atoms. The molecule has 5 rings (SSSR count). The van der Waals surface area contributed by atoms with Gasteiger partial charge in [0.1, 0.15) is 6.61 Å². The summed E-state index contributed by atoms with van der Waals surface area (Å²) in [6.07, 6.45) is 3.21. The molecule has 0 saturated heterocycles. The van der Waals surface area contributed by atoms with Crippen LogP contribution in [0.4, 0.5) is 4.79 Å². The van der Waals surface area contributed by atoms with E-state index in [1.807, 2.05) is 24.3 Å². The van der Waals surface area contributed by atoms with Gasteiger partial charge >= 0.3 is 12.1 Å². The molecule has 0 aromatic heterocycles. The van der Waals surface area contributed by atoms with Crippen molar-refractivity contribution in [1.82, 2.24) is 10.2 Å². The molecule has 0 radical (unpaired) electrons. The van der Waals surface area contributed by atoms with Gasteiger partial charge in [0.2, 0.25) is 5.91 Å². The van der Waals surface area contributed by atoms with Crippen LogP contribution in [0.2, 0.25) is 0 Å². The normalized spacial score (nSPS) is 21.9. The number of fused-ring (bicyclic) bond motifs is 3. The molecule has 2 unspecified atom stereocenters. The number of amides is 2. The van der Waals surface area contributed by atoms with Crippen LogP contribution >= 0.6 is 0 Å². The van der Waals surface area contributed by atoms with Crippen LogP contribution < -0.4 is 5.32 Å². The second kappa shape index (κ2) is 8.70. The van der Waals surface area contributed by atoms with E-state index in [-0.39, 0.29) is 36.9 Å². The number of hydrogen-bond donors (Lipinski definition) is 2. The van der Waals surface area contributed by atoms with Gasteiger partial charge in [0, 0.05) is 26.1 Å². The van der Waals surface area contributed by atoms with Gasteiger partial charge in [-0.3, -0.25) is 9.59 Å². The zero-order valence-corrected chi connectivity index (χ0v) is 20.3. The number of nitrogens with one attached hydrogen (secondary N) is 1. The first-order chi connectivity index (χ1) is 16.8. The Kier molecular flexibility index (Phi) is 5.82. The summed E-state index contributed by atoms with van der Waals surface area (Å²) >= 11 is 0. The summed E-state index contributed by atoms with van der Waals surface area (Å²) in [5.41, 5.74) is 3.91. The number of nitrogens with zero attached hydrogens (tertiary/aromatic N) is 1. The van der Waals surface area contributed by atoms with E-state index in [1.165, 1.54) is 16.0 Å². The number of ether oxygens (including phenoxy) is 1. The van der Waals surface area contributed by atoms with Gasteiger partial charge in [-0.2, -0.15) is 0 Å². The first kappa shape index (κ1) is 23.4. The summed E-state index contributed by atoms with van der Waals surface area (Å²) in [4.78, 5) is 38.9. The van der Waals surface area contributed by atoms with Gasteiger partial charge in [-0.1, -0.05) is 61.9 Å². The number of benzene rings is 2. The van der Waals surface area contributed by atoms with Gasteiger partial charge in [-0.05, 0) is 46.9 Å². The quantitative estimate of drug-likeness (QED) is 0.593. The Morgan fingerprint density at radius 3 is 2.20 bits per heavy atom.